The Kier molecular flexibility index (Phi) is 2.65. The van der Waals surface area contributed by atoms with Crippen molar-refractivity contribution in [1.29, 1.82) is 0 Å². The van der Waals surface area contributed by atoms with Gasteiger partial charge in [0.1, 0.15) is 5.82 Å². The number of hydrogen-bond donors (Lipinski definition) is 1. The third-order valence-corrected chi connectivity index (χ3v) is 3.11. The van der Waals surface area contributed by atoms with Crippen molar-refractivity contribution >= 4 is 5.69 Å². The van der Waals surface area contributed by atoms with Crippen LogP contribution in [-0.4, -0.2) is 20.6 Å². The molecule has 0 spiro atoms. The third-order valence-electron chi connectivity index (χ3n) is 3.11. The van der Waals surface area contributed by atoms with E-state index in [0.29, 0.717) is 24.1 Å². The van der Waals surface area contributed by atoms with E-state index in [-0.39, 0.29) is 5.82 Å². The molecule has 15 heavy (non-hydrogen) atoms. The summed E-state index contributed by atoms with van der Waals surface area (Å²) in [6, 6.07) is 5.50. The van der Waals surface area contributed by atoms with Gasteiger partial charge in [-0.2, -0.15) is 0 Å². The number of benzene rings is 1. The molecule has 0 heterocycles. The van der Waals surface area contributed by atoms with Crippen molar-refractivity contribution in [2.24, 2.45) is 11.7 Å². The molecule has 1 aromatic carbocycles. The van der Waals surface area contributed by atoms with Gasteiger partial charge >= 0.3 is 0 Å². The molecule has 2 nitrogen and oxygen atoms in total. The molecule has 0 saturated heterocycles. The van der Waals surface area contributed by atoms with Crippen molar-refractivity contribution in [2.45, 2.75) is 12.3 Å². The van der Waals surface area contributed by atoms with Crippen LogP contribution in [0.2, 0.25) is 0 Å². The highest BCUT2D eigenvalue weighted by molar-refractivity contribution is 5.48. The molecule has 1 fully saturated rings. The zero-order valence-electron chi connectivity index (χ0n) is 9.20. The molecule has 1 aliphatic rings. The molecule has 0 amide bonds. The van der Waals surface area contributed by atoms with Gasteiger partial charge in [-0.05, 0) is 42.5 Å². The van der Waals surface area contributed by atoms with Crippen LogP contribution in [0.3, 0.4) is 0 Å². The molecule has 0 aromatic heterocycles. The second kappa shape index (κ2) is 3.81. The predicted octanol–water partition coefficient (Wildman–Crippen LogP) is 1.95. The molecule has 0 radical (unpaired) electrons. The minimum atomic E-state index is -0.139. The zero-order chi connectivity index (χ0) is 11.0. The number of halogens is 1. The first-order valence-electron chi connectivity index (χ1n) is 5.30. The van der Waals surface area contributed by atoms with E-state index in [0.717, 1.165) is 12.0 Å². The van der Waals surface area contributed by atoms with Crippen LogP contribution in [0.15, 0.2) is 18.2 Å². The van der Waals surface area contributed by atoms with Gasteiger partial charge in [-0.3, -0.25) is 0 Å². The highest BCUT2D eigenvalue weighted by Crippen LogP contribution is 2.47. The summed E-state index contributed by atoms with van der Waals surface area (Å²) in [6.07, 6.45) is 1.11. The predicted molar refractivity (Wildman–Crippen MR) is 60.6 cm³/mol. The Bertz CT molecular complexity index is 363. The van der Waals surface area contributed by atoms with Gasteiger partial charge in [0.25, 0.3) is 0 Å². The lowest BCUT2D eigenvalue weighted by Crippen LogP contribution is -2.10. The summed E-state index contributed by atoms with van der Waals surface area (Å²) in [5, 5.41) is 0. The maximum absolute atomic E-state index is 13.6. The molecule has 0 bridgehead atoms. The molecule has 2 N–H and O–H groups in total. The quantitative estimate of drug-likeness (QED) is 0.822. The molecule has 3 heteroatoms. The molecule has 0 aliphatic heterocycles. The average Bonchev–Trinajstić information content (AvgIpc) is 2.95. The van der Waals surface area contributed by atoms with Crippen LogP contribution in [0.25, 0.3) is 0 Å². The fraction of sp³-hybridized carbons (Fsp3) is 0.500. The second-order valence-corrected chi connectivity index (χ2v) is 4.44. The fourth-order valence-electron chi connectivity index (χ4n) is 2.03. The van der Waals surface area contributed by atoms with Crippen molar-refractivity contribution in [3.8, 4) is 0 Å². The van der Waals surface area contributed by atoms with E-state index in [4.69, 9.17) is 5.73 Å². The number of hydrogen-bond acceptors (Lipinski definition) is 2. The van der Waals surface area contributed by atoms with Crippen molar-refractivity contribution in [1.82, 2.24) is 0 Å². The van der Waals surface area contributed by atoms with Crippen LogP contribution >= 0.6 is 0 Å². The standard InChI is InChI=1S/C12H17FN2/c1-15(2)12-4-3-8(6-11(12)13)10-5-9(10)7-14/h3-4,6,9-10H,5,7,14H2,1-2H3/t9-,10-/m0/s1. The maximum atomic E-state index is 13.6. The van der Waals surface area contributed by atoms with Crippen molar-refractivity contribution in [3.63, 3.8) is 0 Å². The van der Waals surface area contributed by atoms with Crippen LogP contribution < -0.4 is 10.6 Å². The summed E-state index contributed by atoms with van der Waals surface area (Å²) < 4.78 is 13.6. The molecule has 1 aliphatic carbocycles. The van der Waals surface area contributed by atoms with Crippen LogP contribution in [-0.2, 0) is 0 Å². The molecule has 2 atom stereocenters. The van der Waals surface area contributed by atoms with E-state index < -0.39 is 0 Å². The topological polar surface area (TPSA) is 29.3 Å². The lowest BCUT2D eigenvalue weighted by atomic mass is 10.1. The van der Waals surface area contributed by atoms with Gasteiger partial charge in [0.2, 0.25) is 0 Å². The highest BCUT2D eigenvalue weighted by atomic mass is 19.1. The Morgan fingerprint density at radius 1 is 1.47 bits per heavy atom. The molecule has 82 valence electrons. The van der Waals surface area contributed by atoms with E-state index in [1.807, 2.05) is 26.2 Å². The molecule has 1 saturated carbocycles. The Morgan fingerprint density at radius 3 is 2.67 bits per heavy atom. The summed E-state index contributed by atoms with van der Waals surface area (Å²) in [5.41, 5.74) is 7.31. The van der Waals surface area contributed by atoms with Crippen molar-refractivity contribution < 1.29 is 4.39 Å². The summed E-state index contributed by atoms with van der Waals surface area (Å²) in [4.78, 5) is 1.78. The Morgan fingerprint density at radius 2 is 2.20 bits per heavy atom. The van der Waals surface area contributed by atoms with E-state index in [1.165, 1.54) is 0 Å². The van der Waals surface area contributed by atoms with Gasteiger partial charge in [-0.25, -0.2) is 4.39 Å². The normalized spacial score (nSPS) is 24.0. The van der Waals surface area contributed by atoms with Crippen LogP contribution in [0.5, 0.6) is 0 Å². The van der Waals surface area contributed by atoms with Crippen molar-refractivity contribution in [2.75, 3.05) is 25.5 Å². The molecule has 0 unspecified atom stereocenters. The first kappa shape index (κ1) is 10.4. The summed E-state index contributed by atoms with van der Waals surface area (Å²) in [5.74, 6) is 0.912. The largest absolute Gasteiger partial charge is 0.375 e. The van der Waals surface area contributed by atoms with E-state index in [2.05, 4.69) is 0 Å². The van der Waals surface area contributed by atoms with Crippen LogP contribution in [0.4, 0.5) is 10.1 Å². The van der Waals surface area contributed by atoms with Crippen molar-refractivity contribution in [3.05, 3.63) is 29.6 Å². The number of nitrogens with zero attached hydrogens (tertiary/aromatic N) is 1. The van der Waals surface area contributed by atoms with Gasteiger partial charge in [0, 0.05) is 14.1 Å². The van der Waals surface area contributed by atoms with Gasteiger partial charge in [-0.1, -0.05) is 6.07 Å². The summed E-state index contributed by atoms with van der Waals surface area (Å²) in [7, 11) is 3.69. The van der Waals surface area contributed by atoms with E-state index in [9.17, 15) is 4.39 Å². The lowest BCUT2D eigenvalue weighted by Gasteiger charge is -2.14. The second-order valence-electron chi connectivity index (χ2n) is 4.44. The Labute approximate surface area is 89.9 Å². The molecule has 2 rings (SSSR count). The van der Waals surface area contributed by atoms with Gasteiger partial charge in [-0.15, -0.1) is 0 Å². The highest BCUT2D eigenvalue weighted by Gasteiger charge is 2.37. The Hall–Kier alpha value is -1.09. The first-order valence-corrected chi connectivity index (χ1v) is 5.30. The molecular weight excluding hydrogens is 191 g/mol. The number of nitrogens with two attached hydrogens (primary N) is 1. The van der Waals surface area contributed by atoms with E-state index >= 15 is 0 Å². The Balaban J connectivity index is 2.19. The summed E-state index contributed by atoms with van der Waals surface area (Å²) >= 11 is 0. The minimum Gasteiger partial charge on any atom is -0.375 e. The van der Waals surface area contributed by atoms with Gasteiger partial charge in [0.05, 0.1) is 5.69 Å². The zero-order valence-corrected chi connectivity index (χ0v) is 9.20. The molecule has 1 aromatic rings. The number of rotatable bonds is 3. The van der Waals surface area contributed by atoms with Crippen LogP contribution in [0, 0.1) is 11.7 Å². The minimum absolute atomic E-state index is 0.139. The van der Waals surface area contributed by atoms with Crippen LogP contribution in [0.1, 0.15) is 17.9 Å². The maximum Gasteiger partial charge on any atom is 0.146 e. The number of anilines is 1. The van der Waals surface area contributed by atoms with Gasteiger partial charge < -0.3 is 10.6 Å². The third kappa shape index (κ3) is 1.97. The SMILES string of the molecule is CN(C)c1ccc([C@@H]2C[C@H]2CN)cc1F. The molecular formula is C12H17FN2. The first-order chi connectivity index (χ1) is 7.13. The fourth-order valence-corrected chi connectivity index (χ4v) is 2.03. The monoisotopic (exact) mass is 208 g/mol. The smallest absolute Gasteiger partial charge is 0.146 e. The average molecular weight is 208 g/mol. The van der Waals surface area contributed by atoms with E-state index in [1.54, 1.807) is 11.0 Å². The van der Waals surface area contributed by atoms with Gasteiger partial charge in [0.15, 0.2) is 0 Å². The lowest BCUT2D eigenvalue weighted by molar-refractivity contribution is 0.623. The summed E-state index contributed by atoms with van der Waals surface area (Å²) in [6.45, 7) is 0.710.